The summed E-state index contributed by atoms with van der Waals surface area (Å²) in [6.07, 6.45) is 5.31. The lowest BCUT2D eigenvalue weighted by molar-refractivity contribution is -0.00294. The summed E-state index contributed by atoms with van der Waals surface area (Å²) in [4.78, 5) is 23.6. The molecule has 3 fully saturated rings. The van der Waals surface area contributed by atoms with Crippen molar-refractivity contribution in [2.45, 2.75) is 32.2 Å². The molecule has 1 atom stereocenters. The van der Waals surface area contributed by atoms with E-state index in [-0.39, 0.29) is 6.09 Å². The lowest BCUT2D eigenvalue weighted by Crippen LogP contribution is -2.58. The highest BCUT2D eigenvalue weighted by molar-refractivity contribution is 5.76. The van der Waals surface area contributed by atoms with E-state index in [0.29, 0.717) is 23.6 Å². The van der Waals surface area contributed by atoms with Gasteiger partial charge in [0.2, 0.25) is 0 Å². The van der Waals surface area contributed by atoms with Crippen molar-refractivity contribution in [3.63, 3.8) is 0 Å². The molecule has 1 saturated carbocycles. The zero-order chi connectivity index (χ0) is 22.8. The molecule has 1 aliphatic carbocycles. The maximum Gasteiger partial charge on any atom is 0.409 e. The Bertz CT molecular complexity index is 1030. The summed E-state index contributed by atoms with van der Waals surface area (Å²) in [5, 5.41) is 9.08. The Balaban J connectivity index is 1.19. The van der Waals surface area contributed by atoms with Crippen LogP contribution in [-0.2, 0) is 4.74 Å². The van der Waals surface area contributed by atoms with Gasteiger partial charge in [-0.2, -0.15) is 5.26 Å². The third-order valence-corrected chi connectivity index (χ3v) is 7.50. The molecular weight excluding hydrogens is 414 g/mol. The number of hydrogen-bond donors (Lipinski definition) is 0. The van der Waals surface area contributed by atoms with Gasteiger partial charge in [-0.25, -0.2) is 9.78 Å². The summed E-state index contributed by atoms with van der Waals surface area (Å²) in [7, 11) is 0. The summed E-state index contributed by atoms with van der Waals surface area (Å²) < 4.78 is 5.15. The first-order valence-electron chi connectivity index (χ1n) is 12.0. The fourth-order valence-electron chi connectivity index (χ4n) is 5.78. The Morgan fingerprint density at radius 3 is 2.64 bits per heavy atom. The third kappa shape index (κ3) is 4.28. The number of pyridine rings is 1. The SMILES string of the molecule is CCOC(=O)N1CC2(CCC(N3CCN(c4ncccc4-c4ccc(C#N)cc4)CC3)C2)C1. The molecule has 7 nitrogen and oxygen atoms in total. The van der Waals surface area contributed by atoms with Gasteiger partial charge in [-0.1, -0.05) is 12.1 Å². The quantitative estimate of drug-likeness (QED) is 0.714. The topological polar surface area (TPSA) is 72.7 Å². The van der Waals surface area contributed by atoms with E-state index in [2.05, 4.69) is 21.9 Å². The first kappa shape index (κ1) is 21.7. The number of nitriles is 1. The average molecular weight is 446 g/mol. The van der Waals surface area contributed by atoms with Gasteiger partial charge in [0.05, 0.1) is 18.2 Å². The van der Waals surface area contributed by atoms with Crippen molar-refractivity contribution >= 4 is 11.9 Å². The Kier molecular flexibility index (Phi) is 5.94. The second kappa shape index (κ2) is 9.03. The summed E-state index contributed by atoms with van der Waals surface area (Å²) in [6, 6.07) is 14.6. The van der Waals surface area contributed by atoms with E-state index in [1.165, 1.54) is 19.3 Å². The van der Waals surface area contributed by atoms with Crippen LogP contribution in [0.2, 0.25) is 0 Å². The molecule has 1 aromatic heterocycles. The van der Waals surface area contributed by atoms with Gasteiger partial charge in [-0.05, 0) is 56.0 Å². The fraction of sp³-hybridized carbons (Fsp3) is 0.500. The predicted molar refractivity (Wildman–Crippen MR) is 127 cm³/mol. The molecule has 5 rings (SSSR count). The molecule has 7 heteroatoms. The molecular formula is C26H31N5O2. The van der Waals surface area contributed by atoms with E-state index in [0.717, 1.165) is 56.2 Å². The zero-order valence-corrected chi connectivity index (χ0v) is 19.2. The molecule has 172 valence electrons. The van der Waals surface area contributed by atoms with Crippen molar-refractivity contribution in [3.05, 3.63) is 48.2 Å². The number of carbonyl (C=O) groups is 1. The molecule has 0 radical (unpaired) electrons. The van der Waals surface area contributed by atoms with Crippen molar-refractivity contribution in [2.75, 3.05) is 50.8 Å². The number of hydrogen-bond acceptors (Lipinski definition) is 6. The highest BCUT2D eigenvalue weighted by Crippen LogP contribution is 2.47. The molecule has 1 unspecified atom stereocenters. The predicted octanol–water partition coefficient (Wildman–Crippen LogP) is 3.75. The Morgan fingerprint density at radius 1 is 1.18 bits per heavy atom. The minimum atomic E-state index is -0.159. The van der Waals surface area contributed by atoms with E-state index in [4.69, 9.17) is 15.0 Å². The lowest BCUT2D eigenvalue weighted by Gasteiger charge is -2.48. The van der Waals surface area contributed by atoms with Gasteiger partial charge in [0.25, 0.3) is 0 Å². The lowest BCUT2D eigenvalue weighted by atomic mass is 9.78. The standard InChI is InChI=1S/C26H31N5O2/c1-2-33-25(32)31-18-26(19-31)10-9-22(16-26)29-12-14-30(15-13-29)24-23(4-3-11-28-24)21-7-5-20(17-27)6-8-21/h3-8,11,22H,2,9-10,12-16,18-19H2,1H3. The van der Waals surface area contributed by atoms with Gasteiger partial charge in [0.1, 0.15) is 5.82 Å². The molecule has 1 amide bonds. The Morgan fingerprint density at radius 2 is 1.94 bits per heavy atom. The number of nitrogens with zero attached hydrogens (tertiary/aromatic N) is 5. The number of ether oxygens (including phenoxy) is 1. The summed E-state index contributed by atoms with van der Waals surface area (Å²) in [6.45, 7) is 7.98. The van der Waals surface area contributed by atoms with Crippen LogP contribution in [0, 0.1) is 16.7 Å². The number of amides is 1. The van der Waals surface area contributed by atoms with Gasteiger partial charge in [-0.3, -0.25) is 4.90 Å². The van der Waals surface area contributed by atoms with Crippen molar-refractivity contribution in [2.24, 2.45) is 5.41 Å². The van der Waals surface area contributed by atoms with Crippen LogP contribution in [0.1, 0.15) is 31.7 Å². The largest absolute Gasteiger partial charge is 0.450 e. The fourth-order valence-corrected chi connectivity index (χ4v) is 5.78. The van der Waals surface area contributed by atoms with Crippen molar-refractivity contribution in [1.82, 2.24) is 14.8 Å². The van der Waals surface area contributed by atoms with Gasteiger partial charge >= 0.3 is 6.09 Å². The second-order valence-electron chi connectivity index (χ2n) is 9.54. The molecule has 2 aliphatic heterocycles. The normalized spacial score (nSPS) is 22.1. The molecule has 0 N–H and O–H groups in total. The molecule has 0 bridgehead atoms. The molecule has 33 heavy (non-hydrogen) atoms. The van der Waals surface area contributed by atoms with Crippen LogP contribution in [0.3, 0.4) is 0 Å². The molecule has 3 aliphatic rings. The first-order chi connectivity index (χ1) is 16.1. The first-order valence-corrected chi connectivity index (χ1v) is 12.0. The van der Waals surface area contributed by atoms with Crippen LogP contribution in [0.15, 0.2) is 42.6 Å². The van der Waals surface area contributed by atoms with Crippen LogP contribution in [0.25, 0.3) is 11.1 Å². The molecule has 1 aromatic carbocycles. The number of piperazine rings is 1. The van der Waals surface area contributed by atoms with Crippen LogP contribution in [0.4, 0.5) is 10.6 Å². The number of carbonyl (C=O) groups excluding carboxylic acids is 1. The van der Waals surface area contributed by atoms with Gasteiger partial charge < -0.3 is 14.5 Å². The van der Waals surface area contributed by atoms with Crippen LogP contribution >= 0.6 is 0 Å². The maximum atomic E-state index is 11.9. The van der Waals surface area contributed by atoms with E-state index in [1.807, 2.05) is 48.4 Å². The highest BCUT2D eigenvalue weighted by Gasteiger charge is 2.51. The van der Waals surface area contributed by atoms with Crippen LogP contribution in [-0.4, -0.2) is 72.8 Å². The Labute approximate surface area is 195 Å². The average Bonchev–Trinajstić information content (AvgIpc) is 3.30. The smallest absolute Gasteiger partial charge is 0.409 e. The van der Waals surface area contributed by atoms with Crippen LogP contribution in [0.5, 0.6) is 0 Å². The van der Waals surface area contributed by atoms with E-state index >= 15 is 0 Å². The van der Waals surface area contributed by atoms with Crippen molar-refractivity contribution in [3.8, 4) is 17.2 Å². The highest BCUT2D eigenvalue weighted by atomic mass is 16.6. The van der Waals surface area contributed by atoms with Crippen molar-refractivity contribution < 1.29 is 9.53 Å². The number of anilines is 1. The number of aromatic nitrogens is 1. The van der Waals surface area contributed by atoms with Crippen LogP contribution < -0.4 is 4.90 Å². The Hall–Kier alpha value is -3.11. The van der Waals surface area contributed by atoms with E-state index < -0.39 is 0 Å². The number of benzene rings is 1. The summed E-state index contributed by atoms with van der Waals surface area (Å²) in [5.41, 5.74) is 3.18. The monoisotopic (exact) mass is 445 g/mol. The minimum absolute atomic E-state index is 0.159. The number of likely N-dealkylation sites (tertiary alicyclic amines) is 1. The summed E-state index contributed by atoms with van der Waals surface area (Å²) in [5.74, 6) is 1.02. The zero-order valence-electron chi connectivity index (χ0n) is 19.2. The molecule has 1 spiro atoms. The molecule has 2 saturated heterocycles. The maximum absolute atomic E-state index is 11.9. The minimum Gasteiger partial charge on any atom is -0.450 e. The van der Waals surface area contributed by atoms with Crippen molar-refractivity contribution in [1.29, 1.82) is 5.26 Å². The van der Waals surface area contributed by atoms with Gasteiger partial charge in [0.15, 0.2) is 0 Å². The molecule has 3 heterocycles. The van der Waals surface area contributed by atoms with E-state index in [9.17, 15) is 4.79 Å². The second-order valence-corrected chi connectivity index (χ2v) is 9.54. The van der Waals surface area contributed by atoms with E-state index in [1.54, 1.807) is 0 Å². The molecule has 2 aromatic rings. The summed E-state index contributed by atoms with van der Waals surface area (Å²) >= 11 is 0. The third-order valence-electron chi connectivity index (χ3n) is 7.50. The van der Waals surface area contributed by atoms with Gasteiger partial charge in [-0.15, -0.1) is 0 Å². The van der Waals surface area contributed by atoms with Gasteiger partial charge in [0, 0.05) is 62.5 Å². The number of rotatable bonds is 4.